The van der Waals surface area contributed by atoms with E-state index >= 15 is 0 Å². The largest absolute Gasteiger partial charge is 0.504 e. The van der Waals surface area contributed by atoms with E-state index in [-0.39, 0.29) is 5.75 Å². The van der Waals surface area contributed by atoms with Gasteiger partial charge in [0, 0.05) is 6.54 Å². The molecule has 0 unspecified atom stereocenters. The average molecular weight is 408 g/mol. The number of hydrogen-bond donors (Lipinski definition) is 3. The number of ether oxygens (including phenoxy) is 1. The van der Waals surface area contributed by atoms with E-state index in [0.29, 0.717) is 17.9 Å². The summed E-state index contributed by atoms with van der Waals surface area (Å²) in [6.45, 7) is 1.85. The first-order valence-corrected chi connectivity index (χ1v) is 8.05. The Kier molecular flexibility index (Phi) is 6.46. The number of nitro groups is 3. The first kappa shape index (κ1) is 21.3. The molecule has 2 aromatic carbocycles. The summed E-state index contributed by atoms with van der Waals surface area (Å²) in [5, 5.41) is 53.0. The van der Waals surface area contributed by atoms with Crippen LogP contribution >= 0.6 is 0 Å². The smallest absolute Gasteiger partial charge is 0.324 e. The molecular weight excluding hydrogens is 392 g/mol. The third-order valence-electron chi connectivity index (χ3n) is 4.05. The number of aromatic hydroxyl groups is 2. The van der Waals surface area contributed by atoms with Crippen molar-refractivity contribution < 1.29 is 29.7 Å². The number of fused-ring (bicyclic) bond motifs is 1. The van der Waals surface area contributed by atoms with Crippen LogP contribution in [0.15, 0.2) is 24.3 Å². The van der Waals surface area contributed by atoms with E-state index in [9.17, 15) is 35.4 Å². The molecule has 0 radical (unpaired) electrons. The first-order chi connectivity index (χ1) is 13.6. The number of phenolic OH excluding ortho intramolecular Hbond substituents is 2. The molecule has 0 bridgehead atoms. The van der Waals surface area contributed by atoms with Crippen LogP contribution in [0.1, 0.15) is 11.1 Å². The van der Waals surface area contributed by atoms with Gasteiger partial charge in [-0.05, 0) is 36.2 Å². The summed E-state index contributed by atoms with van der Waals surface area (Å²) in [5.74, 6) is -0.411. The summed E-state index contributed by atoms with van der Waals surface area (Å²) in [6.07, 6.45) is 0.979. The second-order valence-corrected chi connectivity index (χ2v) is 5.82. The lowest BCUT2D eigenvalue weighted by Crippen LogP contribution is -2.23. The van der Waals surface area contributed by atoms with Crippen LogP contribution < -0.4 is 10.1 Å². The normalized spacial score (nSPS) is 12.2. The number of phenols is 2. The highest BCUT2D eigenvalue weighted by molar-refractivity contribution is 5.64. The van der Waals surface area contributed by atoms with Crippen LogP contribution in [0, 0.1) is 30.3 Å². The number of nitrogens with one attached hydrogen (secondary N) is 1. The van der Waals surface area contributed by atoms with Gasteiger partial charge in [0.15, 0.2) is 11.5 Å². The number of methoxy groups -OCH3 is 1. The predicted octanol–water partition coefficient (Wildman–Crippen LogP) is 2.16. The lowest BCUT2D eigenvalue weighted by Gasteiger charge is -2.18. The summed E-state index contributed by atoms with van der Waals surface area (Å²) >= 11 is 0. The molecule has 0 spiro atoms. The molecule has 0 amide bonds. The van der Waals surface area contributed by atoms with Gasteiger partial charge >= 0.3 is 11.4 Å². The minimum absolute atomic E-state index is 0.239. The Balaban J connectivity index is 0.000000211. The molecule has 1 heterocycles. The minimum Gasteiger partial charge on any atom is -0.504 e. The summed E-state index contributed by atoms with van der Waals surface area (Å²) in [5.41, 5.74) is -0.559. The van der Waals surface area contributed by atoms with Gasteiger partial charge in [-0.2, -0.15) is 0 Å². The molecule has 1 aliphatic rings. The molecule has 0 saturated carbocycles. The average Bonchev–Trinajstić information content (AvgIpc) is 2.67. The molecule has 2 aromatic rings. The number of nitro benzene ring substituents is 3. The highest BCUT2D eigenvalue weighted by Gasteiger charge is 2.30. The first-order valence-electron chi connectivity index (χ1n) is 8.05. The van der Waals surface area contributed by atoms with Crippen molar-refractivity contribution in [2.75, 3.05) is 13.7 Å². The highest BCUT2D eigenvalue weighted by Crippen LogP contribution is 2.39. The zero-order valence-electron chi connectivity index (χ0n) is 15.0. The van der Waals surface area contributed by atoms with Crippen molar-refractivity contribution in [2.24, 2.45) is 0 Å². The van der Waals surface area contributed by atoms with Gasteiger partial charge in [-0.1, -0.05) is 0 Å². The maximum atomic E-state index is 10.4. The fourth-order valence-corrected chi connectivity index (χ4v) is 2.63. The molecular formula is C16H16N4O9. The van der Waals surface area contributed by atoms with Gasteiger partial charge in [0.05, 0.1) is 34.0 Å². The fourth-order valence-electron chi connectivity index (χ4n) is 2.63. The molecule has 0 aliphatic carbocycles. The number of rotatable bonds is 4. The number of non-ortho nitro benzene ring substituents is 1. The third kappa shape index (κ3) is 4.84. The van der Waals surface area contributed by atoms with Crippen LogP contribution in [0.2, 0.25) is 0 Å². The molecule has 0 saturated heterocycles. The lowest BCUT2D eigenvalue weighted by atomic mass is 10.0. The van der Waals surface area contributed by atoms with E-state index in [1.807, 2.05) is 6.07 Å². The fraction of sp³-hybridized carbons (Fsp3) is 0.250. The van der Waals surface area contributed by atoms with Crippen LogP contribution in [0.3, 0.4) is 0 Å². The van der Waals surface area contributed by atoms with E-state index < -0.39 is 37.6 Å². The van der Waals surface area contributed by atoms with Gasteiger partial charge in [0.1, 0.15) is 0 Å². The minimum atomic E-state index is -1.21. The van der Waals surface area contributed by atoms with E-state index in [1.54, 1.807) is 13.2 Å². The van der Waals surface area contributed by atoms with Crippen LogP contribution in [-0.2, 0) is 13.0 Å². The van der Waals surface area contributed by atoms with E-state index in [4.69, 9.17) is 9.84 Å². The Morgan fingerprint density at radius 2 is 1.52 bits per heavy atom. The molecule has 3 rings (SSSR count). The Morgan fingerprint density at radius 1 is 0.931 bits per heavy atom. The number of nitrogens with zero attached hydrogens (tertiary/aromatic N) is 3. The van der Waals surface area contributed by atoms with E-state index in [1.165, 1.54) is 11.1 Å². The van der Waals surface area contributed by atoms with Crippen molar-refractivity contribution in [1.29, 1.82) is 0 Å². The van der Waals surface area contributed by atoms with Crippen LogP contribution in [0.25, 0.3) is 0 Å². The maximum absolute atomic E-state index is 10.4. The molecule has 0 fully saturated rings. The topological polar surface area (TPSA) is 191 Å². The van der Waals surface area contributed by atoms with Gasteiger partial charge in [-0.15, -0.1) is 0 Å². The maximum Gasteiger partial charge on any atom is 0.324 e. The van der Waals surface area contributed by atoms with Crippen molar-refractivity contribution >= 4 is 17.1 Å². The van der Waals surface area contributed by atoms with Gasteiger partial charge < -0.3 is 20.3 Å². The molecule has 3 N–H and O–H groups in total. The van der Waals surface area contributed by atoms with Gasteiger partial charge in [0.25, 0.3) is 11.4 Å². The van der Waals surface area contributed by atoms with Crippen LogP contribution in [-0.4, -0.2) is 38.6 Å². The molecule has 13 heteroatoms. The van der Waals surface area contributed by atoms with E-state index in [2.05, 4.69) is 5.32 Å². The molecule has 29 heavy (non-hydrogen) atoms. The Bertz CT molecular complexity index is 942. The predicted molar refractivity (Wildman–Crippen MR) is 98.1 cm³/mol. The van der Waals surface area contributed by atoms with Crippen molar-refractivity contribution in [2.45, 2.75) is 13.0 Å². The highest BCUT2D eigenvalue weighted by atomic mass is 16.6. The summed E-state index contributed by atoms with van der Waals surface area (Å²) in [6, 6.07) is 4.59. The van der Waals surface area contributed by atoms with Crippen molar-refractivity contribution in [1.82, 2.24) is 5.32 Å². The third-order valence-corrected chi connectivity index (χ3v) is 4.05. The molecule has 154 valence electrons. The zero-order chi connectivity index (χ0) is 21.7. The van der Waals surface area contributed by atoms with Gasteiger partial charge in [-0.25, -0.2) is 0 Å². The second kappa shape index (κ2) is 8.79. The number of hydrogen-bond acceptors (Lipinski definition) is 10. The Morgan fingerprint density at radius 3 is 2.00 bits per heavy atom. The van der Waals surface area contributed by atoms with Gasteiger partial charge in [0.2, 0.25) is 0 Å². The standard InChI is InChI=1S/C10H13NO2.C6H3N3O7/c1-13-10-5-8-6-11-3-2-7(8)4-9(10)12;10-6-4(8(13)14)1-3(7(11)12)2-5(6)9(15)16/h4-5,11-12H,2-3,6H2,1H3;1-2,10H. The summed E-state index contributed by atoms with van der Waals surface area (Å²) in [7, 11) is 1.57. The van der Waals surface area contributed by atoms with E-state index in [0.717, 1.165) is 19.5 Å². The molecule has 0 atom stereocenters. The van der Waals surface area contributed by atoms with Crippen LogP contribution in [0.4, 0.5) is 17.1 Å². The van der Waals surface area contributed by atoms with Crippen LogP contribution in [0.5, 0.6) is 17.2 Å². The van der Waals surface area contributed by atoms with Gasteiger partial charge in [-0.3, -0.25) is 30.3 Å². The summed E-state index contributed by atoms with van der Waals surface area (Å²) in [4.78, 5) is 27.8. The SMILES string of the molecule is COc1cc2c(cc1O)CCNC2.O=[N+]([O-])c1cc([N+](=O)[O-])c(O)c([N+](=O)[O-])c1. The molecule has 0 aromatic heterocycles. The molecule has 1 aliphatic heterocycles. The number of benzene rings is 2. The molecule has 13 nitrogen and oxygen atoms in total. The Hall–Kier alpha value is -4.00. The Labute approximate surface area is 162 Å². The second-order valence-electron chi connectivity index (χ2n) is 5.82. The van der Waals surface area contributed by atoms with Crippen molar-refractivity contribution in [3.8, 4) is 17.2 Å². The van der Waals surface area contributed by atoms with Crippen molar-refractivity contribution in [3.63, 3.8) is 0 Å². The van der Waals surface area contributed by atoms with Crippen molar-refractivity contribution in [3.05, 3.63) is 65.7 Å². The zero-order valence-corrected chi connectivity index (χ0v) is 15.0. The monoisotopic (exact) mass is 408 g/mol. The lowest BCUT2D eigenvalue weighted by molar-refractivity contribution is -0.404. The summed E-state index contributed by atoms with van der Waals surface area (Å²) < 4.78 is 5.03. The quantitative estimate of drug-likeness (QED) is 0.499.